The van der Waals surface area contributed by atoms with E-state index in [-0.39, 0.29) is 11.5 Å². The van der Waals surface area contributed by atoms with Crippen LogP contribution in [0.2, 0.25) is 0 Å². The standard InChI is InChI=1S/C16H21NO3/c1-16(2)8-11-4-3-5-12(14(11)20-16)9-17-7-6-13(10-17)15(18)19/h3-5,13H,6-10H2,1-2H3,(H,18,19). The third-order valence-corrected chi connectivity index (χ3v) is 4.19. The summed E-state index contributed by atoms with van der Waals surface area (Å²) in [6.07, 6.45) is 1.69. The molecule has 1 aromatic carbocycles. The van der Waals surface area contributed by atoms with Crippen molar-refractivity contribution in [3.63, 3.8) is 0 Å². The van der Waals surface area contributed by atoms with Gasteiger partial charge in [0.1, 0.15) is 11.4 Å². The number of likely N-dealkylation sites (tertiary alicyclic amines) is 1. The van der Waals surface area contributed by atoms with Gasteiger partial charge in [-0.3, -0.25) is 9.69 Å². The van der Waals surface area contributed by atoms with Gasteiger partial charge in [-0.05, 0) is 32.4 Å². The van der Waals surface area contributed by atoms with Crippen molar-refractivity contribution in [3.8, 4) is 5.75 Å². The van der Waals surface area contributed by atoms with Crippen molar-refractivity contribution < 1.29 is 14.6 Å². The summed E-state index contributed by atoms with van der Waals surface area (Å²) in [6.45, 7) is 6.48. The van der Waals surface area contributed by atoms with E-state index in [1.165, 1.54) is 11.1 Å². The molecule has 0 amide bonds. The number of fused-ring (bicyclic) bond motifs is 1. The fourth-order valence-corrected chi connectivity index (χ4v) is 3.22. The predicted molar refractivity (Wildman–Crippen MR) is 75.9 cm³/mol. The van der Waals surface area contributed by atoms with Crippen LogP contribution < -0.4 is 4.74 Å². The largest absolute Gasteiger partial charge is 0.487 e. The molecule has 1 atom stereocenters. The minimum Gasteiger partial charge on any atom is -0.487 e. The predicted octanol–water partition coefficient (Wildman–Crippen LogP) is 2.31. The molecule has 0 spiro atoms. The van der Waals surface area contributed by atoms with Gasteiger partial charge >= 0.3 is 5.97 Å². The highest BCUT2D eigenvalue weighted by Crippen LogP contribution is 2.38. The molecule has 1 saturated heterocycles. The van der Waals surface area contributed by atoms with Gasteiger partial charge in [-0.25, -0.2) is 0 Å². The number of para-hydroxylation sites is 1. The zero-order valence-corrected chi connectivity index (χ0v) is 12.1. The van der Waals surface area contributed by atoms with Crippen LogP contribution in [0, 0.1) is 5.92 Å². The zero-order chi connectivity index (χ0) is 14.3. The number of nitrogens with zero attached hydrogens (tertiary/aromatic N) is 1. The Hall–Kier alpha value is -1.55. The molecule has 20 heavy (non-hydrogen) atoms. The number of carboxylic acid groups (broad SMARTS) is 1. The average molecular weight is 275 g/mol. The van der Waals surface area contributed by atoms with E-state index in [1.54, 1.807) is 0 Å². The summed E-state index contributed by atoms with van der Waals surface area (Å²) in [5.41, 5.74) is 2.31. The maximum Gasteiger partial charge on any atom is 0.307 e. The Morgan fingerprint density at radius 1 is 1.50 bits per heavy atom. The molecular formula is C16H21NO3. The number of benzene rings is 1. The Kier molecular flexibility index (Phi) is 3.21. The average Bonchev–Trinajstić information content (AvgIpc) is 2.92. The van der Waals surface area contributed by atoms with Crippen LogP contribution >= 0.6 is 0 Å². The fraction of sp³-hybridized carbons (Fsp3) is 0.562. The summed E-state index contributed by atoms with van der Waals surface area (Å²) in [5.74, 6) is 0.114. The highest BCUT2D eigenvalue weighted by atomic mass is 16.5. The molecule has 2 aliphatic rings. The minimum absolute atomic E-state index is 0.132. The van der Waals surface area contributed by atoms with Gasteiger partial charge in [0.25, 0.3) is 0 Å². The molecule has 3 rings (SSSR count). The SMILES string of the molecule is CC1(C)Cc2cccc(CN3CCC(C(=O)O)C3)c2O1. The third kappa shape index (κ3) is 2.52. The van der Waals surface area contributed by atoms with Crippen LogP contribution in [0.25, 0.3) is 0 Å². The lowest BCUT2D eigenvalue weighted by atomic mass is 10.0. The Morgan fingerprint density at radius 2 is 2.30 bits per heavy atom. The molecule has 0 saturated carbocycles. The van der Waals surface area contributed by atoms with Crippen molar-refractivity contribution >= 4 is 5.97 Å². The first-order valence-electron chi connectivity index (χ1n) is 7.19. The van der Waals surface area contributed by atoms with Crippen molar-refractivity contribution in [2.24, 2.45) is 5.92 Å². The summed E-state index contributed by atoms with van der Waals surface area (Å²) in [6, 6.07) is 6.29. The first-order chi connectivity index (χ1) is 9.44. The van der Waals surface area contributed by atoms with Gasteiger partial charge in [-0.15, -0.1) is 0 Å². The molecule has 2 heterocycles. The Morgan fingerprint density at radius 3 is 3.00 bits per heavy atom. The van der Waals surface area contributed by atoms with Crippen LogP contribution in [0.15, 0.2) is 18.2 Å². The van der Waals surface area contributed by atoms with E-state index in [2.05, 4.69) is 36.9 Å². The van der Waals surface area contributed by atoms with Gasteiger partial charge in [0, 0.05) is 25.1 Å². The van der Waals surface area contributed by atoms with Gasteiger partial charge < -0.3 is 9.84 Å². The number of hydrogen-bond acceptors (Lipinski definition) is 3. The second-order valence-corrected chi connectivity index (χ2v) is 6.50. The fourth-order valence-electron chi connectivity index (χ4n) is 3.22. The molecule has 4 nitrogen and oxygen atoms in total. The molecule has 108 valence electrons. The van der Waals surface area contributed by atoms with Crippen molar-refractivity contribution in [2.45, 2.75) is 38.8 Å². The molecule has 1 fully saturated rings. The first-order valence-corrected chi connectivity index (χ1v) is 7.19. The quantitative estimate of drug-likeness (QED) is 0.919. The van der Waals surface area contributed by atoms with Crippen LogP contribution in [0.5, 0.6) is 5.75 Å². The van der Waals surface area contributed by atoms with Gasteiger partial charge in [-0.2, -0.15) is 0 Å². The third-order valence-electron chi connectivity index (χ3n) is 4.19. The van der Waals surface area contributed by atoms with E-state index in [1.807, 2.05) is 0 Å². The van der Waals surface area contributed by atoms with Crippen molar-refractivity contribution in [1.82, 2.24) is 4.90 Å². The lowest BCUT2D eigenvalue weighted by molar-refractivity contribution is -0.141. The van der Waals surface area contributed by atoms with E-state index < -0.39 is 5.97 Å². The number of carbonyl (C=O) groups is 1. The molecule has 1 unspecified atom stereocenters. The molecule has 0 aromatic heterocycles. The first kappa shape index (κ1) is 13.4. The molecule has 0 aliphatic carbocycles. The highest BCUT2D eigenvalue weighted by molar-refractivity contribution is 5.70. The van der Waals surface area contributed by atoms with Crippen LogP contribution in [0.3, 0.4) is 0 Å². The second-order valence-electron chi connectivity index (χ2n) is 6.50. The summed E-state index contributed by atoms with van der Waals surface area (Å²) in [4.78, 5) is 13.2. The summed E-state index contributed by atoms with van der Waals surface area (Å²) >= 11 is 0. The topological polar surface area (TPSA) is 49.8 Å². The minimum atomic E-state index is -0.678. The number of hydrogen-bond donors (Lipinski definition) is 1. The molecular weight excluding hydrogens is 254 g/mol. The smallest absolute Gasteiger partial charge is 0.307 e. The molecule has 0 radical (unpaired) electrons. The monoisotopic (exact) mass is 275 g/mol. The number of carboxylic acids is 1. The van der Waals surface area contributed by atoms with Crippen LogP contribution in [0.1, 0.15) is 31.4 Å². The van der Waals surface area contributed by atoms with Gasteiger partial charge in [0.2, 0.25) is 0 Å². The van der Waals surface area contributed by atoms with Crippen molar-refractivity contribution in [3.05, 3.63) is 29.3 Å². The maximum absolute atomic E-state index is 11.0. The van der Waals surface area contributed by atoms with Crippen molar-refractivity contribution in [1.29, 1.82) is 0 Å². The van der Waals surface area contributed by atoms with Crippen LogP contribution in [-0.4, -0.2) is 34.7 Å². The summed E-state index contributed by atoms with van der Waals surface area (Å²) in [5, 5.41) is 9.07. The van der Waals surface area contributed by atoms with E-state index >= 15 is 0 Å². The number of rotatable bonds is 3. The molecule has 1 N–H and O–H groups in total. The molecule has 1 aromatic rings. The maximum atomic E-state index is 11.0. The Labute approximate surface area is 119 Å². The number of aliphatic carboxylic acids is 1. The molecule has 4 heteroatoms. The molecule has 2 aliphatic heterocycles. The van der Waals surface area contributed by atoms with E-state index in [0.29, 0.717) is 6.54 Å². The summed E-state index contributed by atoms with van der Waals surface area (Å²) in [7, 11) is 0. The van der Waals surface area contributed by atoms with Gasteiger partial charge in [0.05, 0.1) is 5.92 Å². The lowest BCUT2D eigenvalue weighted by Gasteiger charge is -2.20. The Balaban J connectivity index is 1.74. The highest BCUT2D eigenvalue weighted by Gasteiger charge is 2.33. The van der Waals surface area contributed by atoms with E-state index in [9.17, 15) is 4.79 Å². The van der Waals surface area contributed by atoms with Crippen LogP contribution in [-0.2, 0) is 17.8 Å². The van der Waals surface area contributed by atoms with Crippen LogP contribution in [0.4, 0.5) is 0 Å². The molecule has 0 bridgehead atoms. The van der Waals surface area contributed by atoms with E-state index in [0.717, 1.165) is 31.7 Å². The lowest BCUT2D eigenvalue weighted by Crippen LogP contribution is -2.25. The normalized spacial score (nSPS) is 24.4. The second kappa shape index (κ2) is 4.77. The number of ether oxygens (including phenoxy) is 1. The van der Waals surface area contributed by atoms with Gasteiger partial charge in [-0.1, -0.05) is 18.2 Å². The zero-order valence-electron chi connectivity index (χ0n) is 12.1. The van der Waals surface area contributed by atoms with Gasteiger partial charge in [0.15, 0.2) is 0 Å². The van der Waals surface area contributed by atoms with E-state index in [4.69, 9.17) is 9.84 Å². The Bertz CT molecular complexity index is 539. The summed E-state index contributed by atoms with van der Waals surface area (Å²) < 4.78 is 6.07. The van der Waals surface area contributed by atoms with Crippen molar-refractivity contribution in [2.75, 3.05) is 13.1 Å².